The van der Waals surface area contributed by atoms with E-state index in [0.717, 1.165) is 19.5 Å². The summed E-state index contributed by atoms with van der Waals surface area (Å²) >= 11 is 0. The van der Waals surface area contributed by atoms with Gasteiger partial charge in [-0.05, 0) is 17.5 Å². The highest BCUT2D eigenvalue weighted by molar-refractivity contribution is 5.52. The van der Waals surface area contributed by atoms with Gasteiger partial charge in [0.25, 0.3) is 0 Å². The third-order valence-corrected chi connectivity index (χ3v) is 4.33. The first-order chi connectivity index (χ1) is 10.3. The Morgan fingerprint density at radius 3 is 3.00 bits per heavy atom. The summed E-state index contributed by atoms with van der Waals surface area (Å²) in [5.74, 6) is 0.657. The predicted octanol–water partition coefficient (Wildman–Crippen LogP) is 1.98. The van der Waals surface area contributed by atoms with Crippen molar-refractivity contribution in [3.63, 3.8) is 0 Å². The lowest BCUT2D eigenvalue weighted by Crippen LogP contribution is -2.31. The zero-order valence-electron chi connectivity index (χ0n) is 11.5. The SMILES string of the molecule is N#Cc1nccnc1N1CCC2(C1)OCc1ccccc12. The molecule has 3 heterocycles. The summed E-state index contributed by atoms with van der Waals surface area (Å²) in [7, 11) is 0. The van der Waals surface area contributed by atoms with Gasteiger partial charge in [-0.3, -0.25) is 0 Å². The number of hydrogen-bond donors (Lipinski definition) is 0. The van der Waals surface area contributed by atoms with Gasteiger partial charge in [-0.2, -0.15) is 5.26 Å². The highest BCUT2D eigenvalue weighted by atomic mass is 16.5. The lowest BCUT2D eigenvalue weighted by molar-refractivity contribution is -0.0205. The second-order valence-corrected chi connectivity index (χ2v) is 5.45. The van der Waals surface area contributed by atoms with Crippen molar-refractivity contribution in [2.45, 2.75) is 18.6 Å². The normalized spacial score (nSPS) is 23.3. The first kappa shape index (κ1) is 12.3. The summed E-state index contributed by atoms with van der Waals surface area (Å²) in [6.45, 7) is 2.20. The fraction of sp³-hybridized carbons (Fsp3) is 0.312. The number of rotatable bonds is 1. The first-order valence-electron chi connectivity index (χ1n) is 7.01. The molecule has 2 aliphatic heterocycles. The first-order valence-corrected chi connectivity index (χ1v) is 7.01. The molecule has 1 unspecified atom stereocenters. The van der Waals surface area contributed by atoms with Gasteiger partial charge in [-0.1, -0.05) is 24.3 Å². The number of fused-ring (bicyclic) bond motifs is 2. The summed E-state index contributed by atoms with van der Waals surface area (Å²) in [5, 5.41) is 9.18. The highest BCUT2D eigenvalue weighted by Gasteiger charge is 2.46. The molecule has 0 radical (unpaired) electrons. The molecular formula is C16H14N4O. The van der Waals surface area contributed by atoms with Crippen molar-refractivity contribution in [1.29, 1.82) is 5.26 Å². The number of nitrogens with zero attached hydrogens (tertiary/aromatic N) is 4. The van der Waals surface area contributed by atoms with Crippen molar-refractivity contribution < 1.29 is 4.74 Å². The van der Waals surface area contributed by atoms with Crippen LogP contribution in [0.15, 0.2) is 36.7 Å². The van der Waals surface area contributed by atoms with Crippen molar-refractivity contribution in [3.8, 4) is 6.07 Å². The summed E-state index contributed by atoms with van der Waals surface area (Å²) in [6.07, 6.45) is 4.09. The van der Waals surface area contributed by atoms with Gasteiger partial charge in [-0.15, -0.1) is 0 Å². The van der Waals surface area contributed by atoms with Crippen LogP contribution < -0.4 is 4.90 Å². The Hall–Kier alpha value is -2.45. The van der Waals surface area contributed by atoms with Crippen LogP contribution in [0.1, 0.15) is 23.2 Å². The van der Waals surface area contributed by atoms with E-state index in [1.54, 1.807) is 12.4 Å². The minimum Gasteiger partial charge on any atom is -0.364 e. The molecule has 1 fully saturated rings. The van der Waals surface area contributed by atoms with Gasteiger partial charge in [0.05, 0.1) is 13.2 Å². The Kier molecular flexibility index (Phi) is 2.66. The maximum atomic E-state index is 9.18. The van der Waals surface area contributed by atoms with Crippen LogP contribution in [0.2, 0.25) is 0 Å². The molecular weight excluding hydrogens is 264 g/mol. The van der Waals surface area contributed by atoms with Gasteiger partial charge < -0.3 is 9.64 Å². The van der Waals surface area contributed by atoms with E-state index in [1.807, 2.05) is 6.07 Å². The van der Waals surface area contributed by atoms with E-state index in [1.165, 1.54) is 11.1 Å². The Morgan fingerprint density at radius 1 is 1.24 bits per heavy atom. The fourth-order valence-corrected chi connectivity index (χ4v) is 3.33. The topological polar surface area (TPSA) is 62.0 Å². The maximum absolute atomic E-state index is 9.18. The molecule has 1 aromatic heterocycles. The zero-order valence-corrected chi connectivity index (χ0v) is 11.5. The third kappa shape index (κ3) is 1.80. The number of anilines is 1. The lowest BCUT2D eigenvalue weighted by Gasteiger charge is -2.25. The van der Waals surface area contributed by atoms with Gasteiger partial charge in [0.2, 0.25) is 0 Å². The number of nitriles is 1. The lowest BCUT2D eigenvalue weighted by atomic mass is 9.92. The van der Waals surface area contributed by atoms with Crippen LogP contribution in [-0.4, -0.2) is 23.1 Å². The van der Waals surface area contributed by atoms with Crippen LogP contribution in [0.25, 0.3) is 0 Å². The average Bonchev–Trinajstić information content (AvgIpc) is 3.14. The quantitative estimate of drug-likeness (QED) is 0.798. The van der Waals surface area contributed by atoms with Crippen molar-refractivity contribution in [2.24, 2.45) is 0 Å². The molecule has 0 saturated carbocycles. The second-order valence-electron chi connectivity index (χ2n) is 5.45. The van der Waals surface area contributed by atoms with Crippen molar-refractivity contribution in [2.75, 3.05) is 18.0 Å². The molecule has 4 rings (SSSR count). The van der Waals surface area contributed by atoms with Crippen LogP contribution in [0.3, 0.4) is 0 Å². The minimum atomic E-state index is -0.263. The van der Waals surface area contributed by atoms with Crippen LogP contribution in [0.5, 0.6) is 0 Å². The number of aromatic nitrogens is 2. The monoisotopic (exact) mass is 278 g/mol. The van der Waals surface area contributed by atoms with E-state index in [9.17, 15) is 5.26 Å². The van der Waals surface area contributed by atoms with Gasteiger partial charge >= 0.3 is 0 Å². The molecule has 104 valence electrons. The van der Waals surface area contributed by atoms with Gasteiger partial charge in [0.1, 0.15) is 11.7 Å². The predicted molar refractivity (Wildman–Crippen MR) is 76.5 cm³/mol. The van der Waals surface area contributed by atoms with Crippen LogP contribution in [0.4, 0.5) is 5.82 Å². The van der Waals surface area contributed by atoms with Crippen molar-refractivity contribution in [1.82, 2.24) is 9.97 Å². The Labute approximate surface area is 122 Å². The van der Waals surface area contributed by atoms with E-state index >= 15 is 0 Å². The van der Waals surface area contributed by atoms with Crippen molar-refractivity contribution >= 4 is 5.82 Å². The van der Waals surface area contributed by atoms with Crippen LogP contribution in [0, 0.1) is 11.3 Å². The minimum absolute atomic E-state index is 0.263. The smallest absolute Gasteiger partial charge is 0.183 e. The molecule has 5 heteroatoms. The summed E-state index contributed by atoms with van der Waals surface area (Å²) in [5.41, 5.74) is 2.65. The average molecular weight is 278 g/mol. The Balaban J connectivity index is 1.69. The molecule has 1 saturated heterocycles. The standard InChI is InChI=1S/C16H14N4O/c17-9-14-15(19-7-6-18-14)20-8-5-16(11-20)13-4-2-1-3-12(13)10-21-16/h1-4,6-7H,5,8,10-11H2. The largest absolute Gasteiger partial charge is 0.364 e. The summed E-state index contributed by atoms with van der Waals surface area (Å²) in [4.78, 5) is 10.5. The fourth-order valence-electron chi connectivity index (χ4n) is 3.33. The highest BCUT2D eigenvalue weighted by Crippen LogP contribution is 2.44. The number of ether oxygens (including phenoxy) is 1. The van der Waals surface area contributed by atoms with Gasteiger partial charge in [0.15, 0.2) is 11.5 Å². The number of benzene rings is 1. The van der Waals surface area contributed by atoms with Crippen LogP contribution in [-0.2, 0) is 16.9 Å². The Morgan fingerprint density at radius 2 is 2.10 bits per heavy atom. The molecule has 0 aliphatic carbocycles. The maximum Gasteiger partial charge on any atom is 0.183 e. The Bertz CT molecular complexity index is 739. The molecule has 5 nitrogen and oxygen atoms in total. The number of hydrogen-bond acceptors (Lipinski definition) is 5. The molecule has 0 amide bonds. The van der Waals surface area contributed by atoms with E-state index in [2.05, 4.69) is 39.1 Å². The van der Waals surface area contributed by atoms with E-state index in [0.29, 0.717) is 18.1 Å². The molecule has 2 aliphatic rings. The molecule has 1 atom stereocenters. The molecule has 0 bridgehead atoms. The molecule has 1 spiro atoms. The van der Waals surface area contributed by atoms with Crippen LogP contribution >= 0.6 is 0 Å². The molecule has 21 heavy (non-hydrogen) atoms. The summed E-state index contributed by atoms with van der Waals surface area (Å²) in [6, 6.07) is 10.5. The zero-order chi connectivity index (χ0) is 14.3. The van der Waals surface area contributed by atoms with E-state index < -0.39 is 0 Å². The van der Waals surface area contributed by atoms with E-state index in [4.69, 9.17) is 4.74 Å². The molecule has 0 N–H and O–H groups in total. The van der Waals surface area contributed by atoms with Gasteiger partial charge in [0, 0.05) is 18.9 Å². The van der Waals surface area contributed by atoms with E-state index in [-0.39, 0.29) is 5.60 Å². The second kappa shape index (κ2) is 4.54. The summed E-state index contributed by atoms with van der Waals surface area (Å²) < 4.78 is 6.12. The molecule has 2 aromatic rings. The molecule has 1 aromatic carbocycles. The third-order valence-electron chi connectivity index (χ3n) is 4.33. The van der Waals surface area contributed by atoms with Gasteiger partial charge in [-0.25, -0.2) is 9.97 Å². The van der Waals surface area contributed by atoms with Crippen molar-refractivity contribution in [3.05, 3.63) is 53.5 Å².